The van der Waals surface area contributed by atoms with E-state index >= 15 is 0 Å². The quantitative estimate of drug-likeness (QED) is 0.783. The summed E-state index contributed by atoms with van der Waals surface area (Å²) in [5.74, 6) is 0. The first-order valence-corrected chi connectivity index (χ1v) is 7.75. The highest BCUT2D eigenvalue weighted by atomic mass is 35.5. The lowest BCUT2D eigenvalue weighted by atomic mass is 10.0. The van der Waals surface area contributed by atoms with Gasteiger partial charge in [-0.25, -0.2) is 0 Å². The summed E-state index contributed by atoms with van der Waals surface area (Å²) in [7, 11) is 2.05. The Bertz CT molecular complexity index is 700. The smallest absolute Gasteiger partial charge is 0.104 e. The molecular weight excluding hydrogens is 288 g/mol. The third-order valence-corrected chi connectivity index (χ3v) is 5.01. The van der Waals surface area contributed by atoms with Gasteiger partial charge in [0.15, 0.2) is 0 Å². The lowest BCUT2D eigenvalue weighted by Gasteiger charge is -2.13. The molecule has 0 fully saturated rings. The fraction of sp³-hybridized carbons (Fsp3) is 0.188. The lowest BCUT2D eigenvalue weighted by molar-refractivity contribution is 1.19. The molecule has 0 amide bonds. The van der Waals surface area contributed by atoms with E-state index in [1.165, 1.54) is 9.88 Å². The Morgan fingerprint density at radius 3 is 2.80 bits per heavy atom. The summed E-state index contributed by atoms with van der Waals surface area (Å²) in [6, 6.07) is 10.1. The Labute approximate surface area is 128 Å². The monoisotopic (exact) mass is 302 g/mol. The van der Waals surface area contributed by atoms with Gasteiger partial charge in [-0.2, -0.15) is 0 Å². The van der Waals surface area contributed by atoms with Gasteiger partial charge in [0.1, 0.15) is 5.00 Å². The average molecular weight is 303 g/mol. The molecular formula is C16H15ClN2S. The Kier molecular flexibility index (Phi) is 3.64. The molecule has 2 aromatic rings. The van der Waals surface area contributed by atoms with E-state index in [1.807, 2.05) is 48.0 Å². The van der Waals surface area contributed by atoms with Gasteiger partial charge >= 0.3 is 0 Å². The summed E-state index contributed by atoms with van der Waals surface area (Å²) in [5, 5.41) is 1.95. The number of halogens is 1. The molecule has 0 spiro atoms. The van der Waals surface area contributed by atoms with Crippen molar-refractivity contribution < 1.29 is 0 Å². The zero-order valence-corrected chi connectivity index (χ0v) is 13.0. The topological polar surface area (TPSA) is 15.6 Å². The average Bonchev–Trinajstić information content (AvgIpc) is 2.83. The molecule has 1 aliphatic heterocycles. The summed E-state index contributed by atoms with van der Waals surface area (Å²) in [6.07, 6.45) is 4.85. The van der Waals surface area contributed by atoms with Crippen molar-refractivity contribution >= 4 is 33.7 Å². The van der Waals surface area contributed by atoms with Crippen molar-refractivity contribution in [2.24, 2.45) is 4.99 Å². The van der Waals surface area contributed by atoms with Crippen molar-refractivity contribution in [2.45, 2.75) is 13.3 Å². The van der Waals surface area contributed by atoms with Gasteiger partial charge in [0.25, 0.3) is 0 Å². The Balaban J connectivity index is 2.20. The van der Waals surface area contributed by atoms with Gasteiger partial charge in [-0.1, -0.05) is 36.7 Å². The van der Waals surface area contributed by atoms with E-state index in [4.69, 9.17) is 11.6 Å². The molecule has 4 heteroatoms. The van der Waals surface area contributed by atoms with Crippen LogP contribution in [0.1, 0.15) is 22.9 Å². The molecule has 1 aromatic carbocycles. The minimum Gasteiger partial charge on any atom is -0.341 e. The summed E-state index contributed by atoms with van der Waals surface area (Å²) in [4.78, 5) is 8.09. The third kappa shape index (κ3) is 2.28. The molecule has 1 aliphatic rings. The number of hydrogen-bond donors (Lipinski definition) is 0. The molecule has 2 nitrogen and oxygen atoms in total. The number of nitrogens with zero attached hydrogens (tertiary/aromatic N) is 2. The number of fused-ring (bicyclic) bond motifs is 1. The zero-order chi connectivity index (χ0) is 14.1. The van der Waals surface area contributed by atoms with Crippen LogP contribution in [-0.4, -0.2) is 12.8 Å². The van der Waals surface area contributed by atoms with Crippen LogP contribution in [0, 0.1) is 0 Å². The van der Waals surface area contributed by atoms with Crippen LogP contribution in [0.3, 0.4) is 0 Å². The van der Waals surface area contributed by atoms with Crippen LogP contribution in [0.25, 0.3) is 0 Å². The highest BCUT2D eigenvalue weighted by Crippen LogP contribution is 2.36. The van der Waals surface area contributed by atoms with E-state index < -0.39 is 0 Å². The van der Waals surface area contributed by atoms with Crippen LogP contribution < -0.4 is 4.90 Å². The molecule has 2 heterocycles. The van der Waals surface area contributed by atoms with Crippen LogP contribution >= 0.6 is 22.9 Å². The number of rotatable bonds is 2. The van der Waals surface area contributed by atoms with Gasteiger partial charge in [0.05, 0.1) is 5.71 Å². The molecule has 0 N–H and O–H groups in total. The molecule has 0 saturated heterocycles. The maximum absolute atomic E-state index is 6.34. The molecule has 1 aromatic heterocycles. The first-order chi connectivity index (χ1) is 9.70. The number of benzene rings is 1. The second-order valence-corrected chi connectivity index (χ2v) is 6.17. The first-order valence-electron chi connectivity index (χ1n) is 6.56. The molecule has 102 valence electrons. The third-order valence-electron chi connectivity index (χ3n) is 3.31. The summed E-state index contributed by atoms with van der Waals surface area (Å²) in [5.41, 5.74) is 3.09. The molecule has 0 saturated carbocycles. The van der Waals surface area contributed by atoms with Crippen molar-refractivity contribution in [3.8, 4) is 0 Å². The number of aliphatic imine (C=N–C) groups is 1. The number of anilines is 1. The SMILES string of the molecule is CCc1cc2c(s1)N(C)C=CN=C2c1ccccc1Cl. The Morgan fingerprint density at radius 1 is 1.25 bits per heavy atom. The molecule has 0 atom stereocenters. The second kappa shape index (κ2) is 5.43. The van der Waals surface area contributed by atoms with Crippen molar-refractivity contribution in [1.29, 1.82) is 0 Å². The van der Waals surface area contributed by atoms with Crippen molar-refractivity contribution in [3.63, 3.8) is 0 Å². The molecule has 0 aliphatic carbocycles. The number of thiophene rings is 1. The zero-order valence-electron chi connectivity index (χ0n) is 11.4. The van der Waals surface area contributed by atoms with Crippen molar-refractivity contribution in [2.75, 3.05) is 11.9 Å². The van der Waals surface area contributed by atoms with E-state index in [0.717, 1.165) is 28.3 Å². The maximum Gasteiger partial charge on any atom is 0.104 e. The van der Waals surface area contributed by atoms with Gasteiger partial charge < -0.3 is 4.90 Å². The Hall–Kier alpha value is -1.58. The van der Waals surface area contributed by atoms with Crippen molar-refractivity contribution in [1.82, 2.24) is 0 Å². The van der Waals surface area contributed by atoms with Gasteiger partial charge in [0, 0.05) is 40.5 Å². The minimum atomic E-state index is 0.736. The van der Waals surface area contributed by atoms with Gasteiger partial charge in [-0.15, -0.1) is 11.3 Å². The number of hydrogen-bond acceptors (Lipinski definition) is 3. The molecule has 20 heavy (non-hydrogen) atoms. The predicted octanol–water partition coefficient (Wildman–Crippen LogP) is 4.72. The number of aryl methyl sites for hydroxylation is 1. The van der Waals surface area contributed by atoms with Crippen LogP contribution in [0.15, 0.2) is 47.7 Å². The standard InChI is InChI=1S/C16H15ClN2S/c1-3-11-10-13-15(12-6-4-5-7-14(12)17)18-8-9-19(2)16(13)20-11/h4-10H,3H2,1-2H3. The lowest BCUT2D eigenvalue weighted by Crippen LogP contribution is -2.09. The molecule has 0 radical (unpaired) electrons. The van der Waals surface area contributed by atoms with Gasteiger partial charge in [-0.3, -0.25) is 4.99 Å². The molecule has 3 rings (SSSR count). The fourth-order valence-corrected chi connectivity index (χ4v) is 3.52. The largest absolute Gasteiger partial charge is 0.341 e. The summed E-state index contributed by atoms with van der Waals surface area (Å²) in [6.45, 7) is 2.17. The van der Waals surface area contributed by atoms with Crippen LogP contribution in [-0.2, 0) is 6.42 Å². The van der Waals surface area contributed by atoms with E-state index in [2.05, 4.69) is 29.9 Å². The summed E-state index contributed by atoms with van der Waals surface area (Å²) >= 11 is 8.15. The maximum atomic E-state index is 6.34. The van der Waals surface area contributed by atoms with E-state index in [-0.39, 0.29) is 0 Å². The van der Waals surface area contributed by atoms with E-state index in [1.54, 1.807) is 0 Å². The highest BCUT2D eigenvalue weighted by molar-refractivity contribution is 7.16. The van der Waals surface area contributed by atoms with E-state index in [0.29, 0.717) is 0 Å². The van der Waals surface area contributed by atoms with Crippen LogP contribution in [0.2, 0.25) is 5.02 Å². The molecule has 0 unspecified atom stereocenters. The molecule has 0 bridgehead atoms. The van der Waals surface area contributed by atoms with Gasteiger partial charge in [0.2, 0.25) is 0 Å². The Morgan fingerprint density at radius 2 is 2.05 bits per heavy atom. The minimum absolute atomic E-state index is 0.736. The first kappa shape index (κ1) is 13.4. The second-order valence-electron chi connectivity index (χ2n) is 4.65. The normalized spacial score (nSPS) is 13.9. The van der Waals surface area contributed by atoms with Gasteiger partial charge in [-0.05, 0) is 18.6 Å². The van der Waals surface area contributed by atoms with E-state index in [9.17, 15) is 0 Å². The van der Waals surface area contributed by atoms with Crippen molar-refractivity contribution in [3.05, 3.63) is 63.8 Å². The summed E-state index contributed by atoms with van der Waals surface area (Å²) < 4.78 is 0. The highest BCUT2D eigenvalue weighted by Gasteiger charge is 2.20. The predicted molar refractivity (Wildman–Crippen MR) is 88.3 cm³/mol. The van der Waals surface area contributed by atoms with Crippen LogP contribution in [0.5, 0.6) is 0 Å². The van der Waals surface area contributed by atoms with Crippen LogP contribution in [0.4, 0.5) is 5.00 Å². The fourth-order valence-electron chi connectivity index (χ4n) is 2.25.